The summed E-state index contributed by atoms with van der Waals surface area (Å²) in [5.74, 6) is 0.128. The van der Waals surface area contributed by atoms with E-state index in [2.05, 4.69) is 39.5 Å². The maximum atomic E-state index is 12.0. The minimum Gasteiger partial charge on any atom is -0.370 e. The van der Waals surface area contributed by atoms with Crippen LogP contribution in [0.5, 0.6) is 0 Å². The molecule has 1 aliphatic rings. The molecule has 0 saturated heterocycles. The number of nitrogens with zero attached hydrogens (tertiary/aromatic N) is 2. The highest BCUT2D eigenvalue weighted by atomic mass is 32.1. The molecule has 1 aromatic carbocycles. The molecule has 0 aliphatic carbocycles. The molecule has 1 aromatic heterocycles. The van der Waals surface area contributed by atoms with Gasteiger partial charge in [-0.25, -0.2) is 4.98 Å². The van der Waals surface area contributed by atoms with E-state index in [0.717, 1.165) is 31.6 Å². The summed E-state index contributed by atoms with van der Waals surface area (Å²) < 4.78 is 0. The molecule has 23 heavy (non-hydrogen) atoms. The van der Waals surface area contributed by atoms with Crippen molar-refractivity contribution in [3.05, 3.63) is 45.9 Å². The third-order valence-corrected chi connectivity index (χ3v) is 5.33. The Hall–Kier alpha value is -1.88. The Bertz CT molecular complexity index is 668. The van der Waals surface area contributed by atoms with Gasteiger partial charge in [0.25, 0.3) is 0 Å². The zero-order valence-electron chi connectivity index (χ0n) is 13.5. The quantitative estimate of drug-likeness (QED) is 0.886. The zero-order valence-corrected chi connectivity index (χ0v) is 14.4. The lowest BCUT2D eigenvalue weighted by molar-refractivity contribution is -0.120. The Kier molecular flexibility index (Phi) is 5.28. The standard InChI is InChI=1S/C18H23N3OS/c1-14-17(23-13-20-14)8-9-18(22)19-10-12-21-11-4-6-15-5-2-3-7-16(15)21/h2-3,5,7,13H,4,6,8-12H2,1H3,(H,19,22). The molecule has 0 atom stereocenters. The molecule has 2 heterocycles. The predicted molar refractivity (Wildman–Crippen MR) is 95.2 cm³/mol. The fourth-order valence-corrected chi connectivity index (χ4v) is 3.84. The maximum absolute atomic E-state index is 12.0. The molecule has 3 rings (SSSR count). The van der Waals surface area contributed by atoms with Gasteiger partial charge in [0.15, 0.2) is 0 Å². The molecule has 5 heteroatoms. The highest BCUT2D eigenvalue weighted by Crippen LogP contribution is 2.25. The van der Waals surface area contributed by atoms with Crippen LogP contribution in [0.15, 0.2) is 29.8 Å². The molecule has 0 radical (unpaired) electrons. The second-order valence-electron chi connectivity index (χ2n) is 5.93. The first-order chi connectivity index (χ1) is 11.2. The van der Waals surface area contributed by atoms with Crippen molar-refractivity contribution in [3.8, 4) is 0 Å². The lowest BCUT2D eigenvalue weighted by atomic mass is 10.0. The first kappa shape index (κ1) is 16.0. The van der Waals surface area contributed by atoms with E-state index in [9.17, 15) is 4.79 Å². The lowest BCUT2D eigenvalue weighted by Crippen LogP contribution is -2.37. The van der Waals surface area contributed by atoms with Crippen molar-refractivity contribution in [1.29, 1.82) is 0 Å². The van der Waals surface area contributed by atoms with E-state index in [1.54, 1.807) is 11.3 Å². The highest BCUT2D eigenvalue weighted by Gasteiger charge is 2.15. The summed E-state index contributed by atoms with van der Waals surface area (Å²) in [6.07, 6.45) is 3.68. The predicted octanol–water partition coefficient (Wildman–Crippen LogP) is 2.95. The number of thiazole rings is 1. The van der Waals surface area contributed by atoms with E-state index < -0.39 is 0 Å². The molecule has 0 spiro atoms. The van der Waals surface area contributed by atoms with Gasteiger partial charge >= 0.3 is 0 Å². The maximum Gasteiger partial charge on any atom is 0.220 e. The van der Waals surface area contributed by atoms with Gasteiger partial charge in [-0.2, -0.15) is 0 Å². The van der Waals surface area contributed by atoms with Crippen molar-refractivity contribution in [2.24, 2.45) is 0 Å². The number of rotatable bonds is 6. The van der Waals surface area contributed by atoms with Crippen molar-refractivity contribution in [2.75, 3.05) is 24.5 Å². The van der Waals surface area contributed by atoms with Crippen molar-refractivity contribution in [2.45, 2.75) is 32.6 Å². The summed E-state index contributed by atoms with van der Waals surface area (Å²) in [5.41, 5.74) is 5.64. The van der Waals surface area contributed by atoms with Crippen LogP contribution in [0.2, 0.25) is 0 Å². The average Bonchev–Trinajstić information content (AvgIpc) is 2.98. The van der Waals surface area contributed by atoms with Gasteiger partial charge in [-0.1, -0.05) is 18.2 Å². The molecular formula is C18H23N3OS. The molecule has 0 fully saturated rings. The Balaban J connectivity index is 1.43. The number of fused-ring (bicyclic) bond motifs is 1. The third kappa shape index (κ3) is 4.10. The van der Waals surface area contributed by atoms with E-state index in [4.69, 9.17) is 0 Å². The Morgan fingerprint density at radius 1 is 1.39 bits per heavy atom. The second kappa shape index (κ2) is 7.59. The summed E-state index contributed by atoms with van der Waals surface area (Å²) in [6.45, 7) is 4.65. The van der Waals surface area contributed by atoms with E-state index in [-0.39, 0.29) is 5.91 Å². The number of benzene rings is 1. The minimum atomic E-state index is 0.128. The topological polar surface area (TPSA) is 45.2 Å². The summed E-state index contributed by atoms with van der Waals surface area (Å²) in [4.78, 5) is 19.8. The Labute approximate surface area is 141 Å². The normalized spacial score (nSPS) is 13.7. The molecule has 2 aromatic rings. The van der Waals surface area contributed by atoms with Crippen LogP contribution >= 0.6 is 11.3 Å². The average molecular weight is 329 g/mol. The Morgan fingerprint density at radius 2 is 2.26 bits per heavy atom. The van der Waals surface area contributed by atoms with Crippen LogP contribution in [0.25, 0.3) is 0 Å². The lowest BCUT2D eigenvalue weighted by Gasteiger charge is -2.31. The molecule has 0 saturated carbocycles. The van der Waals surface area contributed by atoms with Crippen LogP contribution in [0.1, 0.15) is 29.0 Å². The largest absolute Gasteiger partial charge is 0.370 e. The zero-order chi connectivity index (χ0) is 16.1. The highest BCUT2D eigenvalue weighted by molar-refractivity contribution is 7.09. The molecule has 0 bridgehead atoms. The smallest absolute Gasteiger partial charge is 0.220 e. The van der Waals surface area contributed by atoms with Gasteiger partial charge in [-0.15, -0.1) is 11.3 Å². The van der Waals surface area contributed by atoms with Crippen LogP contribution in [-0.4, -0.2) is 30.5 Å². The van der Waals surface area contributed by atoms with Crippen molar-refractivity contribution >= 4 is 22.9 Å². The van der Waals surface area contributed by atoms with Gasteiger partial charge in [0.2, 0.25) is 5.91 Å². The second-order valence-corrected chi connectivity index (χ2v) is 6.87. The van der Waals surface area contributed by atoms with E-state index in [1.807, 2.05) is 12.4 Å². The van der Waals surface area contributed by atoms with E-state index in [0.29, 0.717) is 13.0 Å². The summed E-state index contributed by atoms with van der Waals surface area (Å²) in [5, 5.41) is 3.05. The number of amides is 1. The van der Waals surface area contributed by atoms with Gasteiger partial charge < -0.3 is 10.2 Å². The molecule has 122 valence electrons. The van der Waals surface area contributed by atoms with Crippen LogP contribution in [-0.2, 0) is 17.6 Å². The number of nitrogens with one attached hydrogen (secondary N) is 1. The van der Waals surface area contributed by atoms with Gasteiger partial charge in [-0.3, -0.25) is 4.79 Å². The van der Waals surface area contributed by atoms with E-state index >= 15 is 0 Å². The Morgan fingerprint density at radius 3 is 3.09 bits per heavy atom. The molecule has 1 N–H and O–H groups in total. The number of carbonyl (C=O) groups is 1. The first-order valence-electron chi connectivity index (χ1n) is 8.22. The number of hydrogen-bond donors (Lipinski definition) is 1. The van der Waals surface area contributed by atoms with Gasteiger partial charge in [0, 0.05) is 36.6 Å². The molecule has 1 aliphatic heterocycles. The van der Waals surface area contributed by atoms with Crippen LogP contribution in [0.3, 0.4) is 0 Å². The number of para-hydroxylation sites is 1. The summed E-state index contributed by atoms with van der Waals surface area (Å²) in [7, 11) is 0. The fraction of sp³-hybridized carbons (Fsp3) is 0.444. The van der Waals surface area contributed by atoms with Crippen molar-refractivity contribution in [1.82, 2.24) is 10.3 Å². The monoisotopic (exact) mass is 329 g/mol. The fourth-order valence-electron chi connectivity index (χ4n) is 3.06. The van der Waals surface area contributed by atoms with Crippen LogP contribution in [0.4, 0.5) is 5.69 Å². The molecule has 4 nitrogen and oxygen atoms in total. The summed E-state index contributed by atoms with van der Waals surface area (Å²) >= 11 is 1.63. The number of anilines is 1. The summed E-state index contributed by atoms with van der Waals surface area (Å²) in [6, 6.07) is 8.58. The molecular weight excluding hydrogens is 306 g/mol. The van der Waals surface area contributed by atoms with Gasteiger partial charge in [0.05, 0.1) is 11.2 Å². The minimum absolute atomic E-state index is 0.128. The van der Waals surface area contributed by atoms with E-state index in [1.165, 1.54) is 22.5 Å². The van der Waals surface area contributed by atoms with Gasteiger partial charge in [-0.05, 0) is 37.8 Å². The number of aromatic nitrogens is 1. The van der Waals surface area contributed by atoms with Crippen LogP contribution < -0.4 is 10.2 Å². The number of aryl methyl sites for hydroxylation is 3. The van der Waals surface area contributed by atoms with Crippen molar-refractivity contribution < 1.29 is 4.79 Å². The number of carbonyl (C=O) groups excluding carboxylic acids is 1. The third-order valence-electron chi connectivity index (χ3n) is 4.33. The molecule has 1 amide bonds. The van der Waals surface area contributed by atoms with Crippen molar-refractivity contribution in [3.63, 3.8) is 0 Å². The molecule has 0 unspecified atom stereocenters. The SMILES string of the molecule is Cc1ncsc1CCC(=O)NCCN1CCCc2ccccc21. The van der Waals surface area contributed by atoms with Gasteiger partial charge in [0.1, 0.15) is 0 Å². The van der Waals surface area contributed by atoms with Crippen LogP contribution in [0, 0.1) is 6.92 Å². The first-order valence-corrected chi connectivity index (χ1v) is 9.10. The number of hydrogen-bond acceptors (Lipinski definition) is 4.